The highest BCUT2D eigenvalue weighted by atomic mass is 19.1. The molecule has 0 radical (unpaired) electrons. The number of ether oxygens (including phenoxy) is 3. The number of aliphatic hydroxyl groups is 3. The highest BCUT2D eigenvalue weighted by Crippen LogP contribution is 2.63. The quantitative estimate of drug-likeness (QED) is 0.300. The van der Waals surface area contributed by atoms with Crippen LogP contribution in [0.3, 0.4) is 0 Å². The molecule has 0 aromatic carbocycles. The van der Waals surface area contributed by atoms with Gasteiger partial charge >= 0.3 is 12.2 Å². The van der Waals surface area contributed by atoms with E-state index in [1.54, 1.807) is 0 Å². The molecule has 42 heavy (non-hydrogen) atoms. The van der Waals surface area contributed by atoms with Crippen LogP contribution in [0.4, 0.5) is 15.0 Å². The van der Waals surface area contributed by atoms with Crippen LogP contribution in [0.1, 0.15) is 64.0 Å². The molecule has 2 aliphatic heterocycles. The molecular weight excluding hydrogens is 557 g/mol. The second-order valence-corrected chi connectivity index (χ2v) is 12.8. The summed E-state index contributed by atoms with van der Waals surface area (Å²) in [6.45, 7) is -0.531. The van der Waals surface area contributed by atoms with E-state index in [1.165, 1.54) is 17.3 Å². The van der Waals surface area contributed by atoms with Gasteiger partial charge in [-0.05, 0) is 56.8 Å². The third-order valence-corrected chi connectivity index (χ3v) is 10.2. The van der Waals surface area contributed by atoms with Crippen molar-refractivity contribution in [3.05, 3.63) is 12.4 Å². The fraction of sp³-hybridized carbons (Fsp3) is 0.778. The number of fused-ring (bicyclic) bond motifs is 1. The SMILES string of the molecule is O=C(Nc1nc(F)nc2c1ncn2[C@@H]1O[C@H](CO)[C@@H](O)[C@@H]1O)OC1CCC[C@]2(C1)OOC1(O2)C2CC3CC(C2)CC1C3. The molecule has 14 nitrogen and oxygen atoms in total. The van der Waals surface area contributed by atoms with Gasteiger partial charge in [0.05, 0.1) is 12.9 Å². The Hall–Kier alpha value is -2.53. The van der Waals surface area contributed by atoms with E-state index in [9.17, 15) is 24.5 Å². The molecule has 4 N–H and O–H groups in total. The molecule has 2 aromatic rings. The first-order valence-electron chi connectivity index (χ1n) is 14.8. The predicted octanol–water partition coefficient (Wildman–Crippen LogP) is 1.90. The maximum atomic E-state index is 14.5. The monoisotopic (exact) mass is 591 g/mol. The summed E-state index contributed by atoms with van der Waals surface area (Å²) < 4.78 is 33.6. The molecule has 9 rings (SSSR count). The van der Waals surface area contributed by atoms with E-state index in [1.807, 2.05) is 0 Å². The van der Waals surface area contributed by atoms with Crippen molar-refractivity contribution in [2.24, 2.45) is 23.7 Å². The Morgan fingerprint density at radius 3 is 2.60 bits per heavy atom. The molecule has 5 saturated carbocycles. The third kappa shape index (κ3) is 4.16. The van der Waals surface area contributed by atoms with E-state index in [2.05, 4.69) is 20.3 Å². The van der Waals surface area contributed by atoms with Crippen LogP contribution in [0, 0.1) is 29.7 Å². The fourth-order valence-corrected chi connectivity index (χ4v) is 8.58. The molecule has 2 spiro atoms. The molecule has 2 saturated heterocycles. The lowest BCUT2D eigenvalue weighted by Crippen LogP contribution is -2.59. The number of amides is 1. The van der Waals surface area contributed by atoms with E-state index in [-0.39, 0.29) is 17.0 Å². The van der Waals surface area contributed by atoms with Crippen molar-refractivity contribution in [2.45, 2.75) is 100 Å². The van der Waals surface area contributed by atoms with E-state index >= 15 is 0 Å². The summed E-state index contributed by atoms with van der Waals surface area (Å²) in [5.74, 6) is 0.203. The van der Waals surface area contributed by atoms with Gasteiger partial charge < -0.3 is 29.5 Å². The molecule has 7 aliphatic rings. The Kier molecular flexibility index (Phi) is 6.27. The molecule has 1 unspecified atom stereocenters. The lowest BCUT2D eigenvalue weighted by atomic mass is 9.53. The minimum atomic E-state index is -1.43. The van der Waals surface area contributed by atoms with Gasteiger partial charge in [0.25, 0.3) is 0 Å². The molecule has 4 bridgehead atoms. The average Bonchev–Trinajstić information content (AvgIpc) is 3.62. The molecule has 7 fully saturated rings. The fourth-order valence-electron chi connectivity index (χ4n) is 8.58. The Morgan fingerprint density at radius 1 is 1.12 bits per heavy atom. The lowest BCUT2D eigenvalue weighted by molar-refractivity contribution is -0.390. The average molecular weight is 592 g/mol. The van der Waals surface area contributed by atoms with Crippen molar-refractivity contribution < 1.29 is 48.5 Å². The van der Waals surface area contributed by atoms with E-state index in [4.69, 9.17) is 24.0 Å². The zero-order valence-electron chi connectivity index (χ0n) is 22.8. The van der Waals surface area contributed by atoms with Gasteiger partial charge in [0.15, 0.2) is 23.2 Å². The van der Waals surface area contributed by atoms with Crippen molar-refractivity contribution >= 4 is 23.1 Å². The van der Waals surface area contributed by atoms with Crippen LogP contribution in [-0.2, 0) is 24.0 Å². The number of aromatic nitrogens is 4. The Bertz CT molecular complexity index is 1370. The van der Waals surface area contributed by atoms with Gasteiger partial charge in [-0.3, -0.25) is 9.88 Å². The van der Waals surface area contributed by atoms with Gasteiger partial charge in [0.1, 0.15) is 24.4 Å². The summed E-state index contributed by atoms with van der Waals surface area (Å²) in [5.41, 5.74) is -0.0685. The topological polar surface area (TPSA) is 180 Å². The van der Waals surface area contributed by atoms with Gasteiger partial charge in [-0.25, -0.2) is 9.78 Å². The summed E-state index contributed by atoms with van der Waals surface area (Å²) in [4.78, 5) is 36.6. The molecule has 1 amide bonds. The Morgan fingerprint density at radius 2 is 1.88 bits per heavy atom. The number of carbonyl (C=O) groups excluding carboxylic acids is 1. The van der Waals surface area contributed by atoms with Crippen LogP contribution in [0.5, 0.6) is 0 Å². The number of hydrogen-bond donors (Lipinski definition) is 4. The van der Waals surface area contributed by atoms with Crippen molar-refractivity contribution in [1.29, 1.82) is 0 Å². The van der Waals surface area contributed by atoms with Crippen LogP contribution >= 0.6 is 0 Å². The Labute approximate surface area is 239 Å². The van der Waals surface area contributed by atoms with Crippen molar-refractivity contribution in [1.82, 2.24) is 19.5 Å². The number of carbonyl (C=O) groups is 1. The van der Waals surface area contributed by atoms with E-state index in [0.717, 1.165) is 37.5 Å². The maximum absolute atomic E-state index is 14.5. The van der Waals surface area contributed by atoms with E-state index < -0.39 is 61.0 Å². The first kappa shape index (κ1) is 27.0. The standard InChI is InChI=1S/C27H34FN5O9/c28-24-30-21(18-22(32-24)33(11-29-18)23-20(36)19(35)17(10-34)39-23)31-25(37)38-16-2-1-3-26(9-16)40-27(42-41-26)14-5-12-4-13(7-14)8-15(27)6-12/h11-17,19-20,23,34-36H,1-10H2,(H,30,31,32,37)/t12?,13?,14?,15?,16?,17-,19-,20+,23-,26-,27?/m1/s1. The lowest BCUT2D eigenvalue weighted by Gasteiger charge is -2.57. The second kappa shape index (κ2) is 9.74. The first-order valence-corrected chi connectivity index (χ1v) is 14.8. The predicted molar refractivity (Wildman–Crippen MR) is 136 cm³/mol. The number of anilines is 1. The molecule has 15 heteroatoms. The van der Waals surface area contributed by atoms with Crippen LogP contribution in [0.2, 0.25) is 0 Å². The largest absolute Gasteiger partial charge is 0.446 e. The highest BCUT2D eigenvalue weighted by molar-refractivity contribution is 5.93. The van der Waals surface area contributed by atoms with Gasteiger partial charge in [-0.15, -0.1) is 0 Å². The molecular formula is C27H34FN5O9. The second-order valence-electron chi connectivity index (χ2n) is 12.8. The number of aliphatic hydroxyl groups excluding tert-OH is 3. The minimum Gasteiger partial charge on any atom is -0.446 e. The molecule has 2 aromatic heterocycles. The van der Waals surface area contributed by atoms with Crippen molar-refractivity contribution in [3.8, 4) is 0 Å². The zero-order chi connectivity index (χ0) is 28.8. The normalized spacial score (nSPS) is 44.0. The van der Waals surface area contributed by atoms with Crippen LogP contribution in [0.25, 0.3) is 11.2 Å². The Balaban J connectivity index is 0.961. The number of rotatable bonds is 4. The highest BCUT2D eigenvalue weighted by Gasteiger charge is 2.67. The smallest absolute Gasteiger partial charge is 0.413 e. The minimum absolute atomic E-state index is 0.0193. The van der Waals surface area contributed by atoms with Gasteiger partial charge in [-0.1, -0.05) is 0 Å². The summed E-state index contributed by atoms with van der Waals surface area (Å²) in [6, 6.07) is 0. The third-order valence-electron chi connectivity index (χ3n) is 10.2. The van der Waals surface area contributed by atoms with Gasteiger partial charge in [0.2, 0.25) is 11.6 Å². The van der Waals surface area contributed by atoms with Crippen LogP contribution < -0.4 is 5.32 Å². The summed E-state index contributed by atoms with van der Waals surface area (Å²) in [5, 5.41) is 32.4. The summed E-state index contributed by atoms with van der Waals surface area (Å²) in [7, 11) is 0. The number of halogens is 1. The zero-order valence-corrected chi connectivity index (χ0v) is 22.8. The number of imidazole rings is 1. The maximum Gasteiger partial charge on any atom is 0.413 e. The number of nitrogens with zero attached hydrogens (tertiary/aromatic N) is 4. The van der Waals surface area contributed by atoms with Gasteiger partial charge in [-0.2, -0.15) is 24.1 Å². The summed E-state index contributed by atoms with van der Waals surface area (Å²) >= 11 is 0. The van der Waals surface area contributed by atoms with Crippen molar-refractivity contribution in [3.63, 3.8) is 0 Å². The van der Waals surface area contributed by atoms with Crippen LogP contribution in [-0.4, -0.2) is 83.5 Å². The summed E-state index contributed by atoms with van der Waals surface area (Å²) in [6.07, 6.45) is 1.59. The molecule has 4 heterocycles. The van der Waals surface area contributed by atoms with Crippen molar-refractivity contribution in [2.75, 3.05) is 11.9 Å². The van der Waals surface area contributed by atoms with E-state index in [0.29, 0.717) is 37.5 Å². The van der Waals surface area contributed by atoms with Gasteiger partial charge in [0, 0.05) is 24.7 Å². The first-order chi connectivity index (χ1) is 20.3. The molecule has 228 valence electrons. The molecule has 6 atom stereocenters. The number of hydrogen-bond acceptors (Lipinski definition) is 12. The molecule has 5 aliphatic carbocycles. The number of nitrogens with one attached hydrogen (secondary N) is 1. The van der Waals surface area contributed by atoms with Crippen LogP contribution in [0.15, 0.2) is 6.33 Å².